The normalized spacial score (nSPS) is 13.9. The number of aromatic nitrogens is 1. The molecule has 1 saturated carbocycles. The molecular formula is C21H20Cl2FN3O3. The summed E-state index contributed by atoms with van der Waals surface area (Å²) in [6.07, 6.45) is 4.12. The van der Waals surface area contributed by atoms with Crippen LogP contribution in [0.3, 0.4) is 0 Å². The highest BCUT2D eigenvalue weighted by atomic mass is 35.5. The van der Waals surface area contributed by atoms with Gasteiger partial charge in [-0.25, -0.2) is 9.18 Å². The Morgan fingerprint density at radius 2 is 1.93 bits per heavy atom. The van der Waals surface area contributed by atoms with E-state index >= 15 is 0 Å². The fourth-order valence-electron chi connectivity index (χ4n) is 3.76. The van der Waals surface area contributed by atoms with Gasteiger partial charge in [-0.3, -0.25) is 4.79 Å². The highest BCUT2D eigenvalue weighted by Crippen LogP contribution is 2.37. The number of halogens is 3. The molecule has 1 aromatic carbocycles. The molecule has 1 aliphatic rings. The summed E-state index contributed by atoms with van der Waals surface area (Å²) in [4.78, 5) is 24.7. The number of anilines is 1. The molecule has 1 heterocycles. The monoisotopic (exact) mass is 451 g/mol. The third-order valence-electron chi connectivity index (χ3n) is 5.38. The van der Waals surface area contributed by atoms with E-state index in [9.17, 15) is 19.2 Å². The van der Waals surface area contributed by atoms with Gasteiger partial charge < -0.3 is 14.6 Å². The van der Waals surface area contributed by atoms with Crippen LogP contribution >= 0.6 is 23.2 Å². The van der Waals surface area contributed by atoms with Crippen molar-refractivity contribution in [3.63, 3.8) is 0 Å². The lowest BCUT2D eigenvalue weighted by Crippen LogP contribution is -2.24. The van der Waals surface area contributed by atoms with Gasteiger partial charge in [0.2, 0.25) is 0 Å². The number of carbonyl (C=O) groups excluding carboxylic acids is 2. The molecule has 1 N–H and O–H groups in total. The third kappa shape index (κ3) is 4.30. The SMILES string of the molecule is Cc1c(C#N)c(NC(=O)COC(=O)c2cc(F)c(Cl)cc2Cl)n(C2CCCC2)c1C. The molecule has 0 aliphatic heterocycles. The van der Waals surface area contributed by atoms with E-state index in [1.165, 1.54) is 0 Å². The molecule has 0 radical (unpaired) electrons. The number of carbonyl (C=O) groups is 2. The number of hydrogen-bond donors (Lipinski definition) is 1. The van der Waals surface area contributed by atoms with Crippen molar-refractivity contribution < 1.29 is 18.7 Å². The van der Waals surface area contributed by atoms with Crippen LogP contribution in [0, 0.1) is 31.0 Å². The third-order valence-corrected chi connectivity index (χ3v) is 5.98. The van der Waals surface area contributed by atoms with Crippen LogP contribution in [-0.2, 0) is 9.53 Å². The highest BCUT2D eigenvalue weighted by Gasteiger charge is 2.27. The van der Waals surface area contributed by atoms with Gasteiger partial charge in [-0.1, -0.05) is 36.0 Å². The van der Waals surface area contributed by atoms with Crippen LogP contribution in [0.4, 0.5) is 10.2 Å². The van der Waals surface area contributed by atoms with Gasteiger partial charge in [0, 0.05) is 11.7 Å². The maximum atomic E-state index is 13.6. The molecule has 0 atom stereocenters. The number of nitriles is 1. The minimum Gasteiger partial charge on any atom is -0.452 e. The molecule has 0 unspecified atom stereocenters. The van der Waals surface area contributed by atoms with Crippen LogP contribution in [0.2, 0.25) is 10.0 Å². The molecule has 0 spiro atoms. The predicted octanol–water partition coefficient (Wildman–Crippen LogP) is 5.33. The Labute approximate surface area is 183 Å². The van der Waals surface area contributed by atoms with Crippen LogP contribution in [0.5, 0.6) is 0 Å². The van der Waals surface area contributed by atoms with Crippen LogP contribution in [0.1, 0.15) is 58.9 Å². The average Bonchev–Trinajstić information content (AvgIpc) is 3.30. The zero-order valence-electron chi connectivity index (χ0n) is 16.5. The zero-order valence-corrected chi connectivity index (χ0v) is 18.0. The summed E-state index contributed by atoms with van der Waals surface area (Å²) in [5, 5.41) is 12.0. The molecular weight excluding hydrogens is 432 g/mol. The number of ether oxygens (including phenoxy) is 1. The van der Waals surface area contributed by atoms with Gasteiger partial charge in [0.15, 0.2) is 6.61 Å². The Kier molecular flexibility index (Phi) is 6.69. The Hall–Kier alpha value is -2.56. The van der Waals surface area contributed by atoms with E-state index in [0.717, 1.165) is 49.1 Å². The average molecular weight is 452 g/mol. The first-order chi connectivity index (χ1) is 14.2. The van der Waals surface area contributed by atoms with Crippen molar-refractivity contribution >= 4 is 40.9 Å². The van der Waals surface area contributed by atoms with Crippen molar-refractivity contribution in [1.29, 1.82) is 5.26 Å². The molecule has 1 fully saturated rings. The number of nitrogens with zero attached hydrogens (tertiary/aromatic N) is 2. The van der Waals surface area contributed by atoms with Gasteiger partial charge in [-0.15, -0.1) is 0 Å². The smallest absolute Gasteiger partial charge is 0.340 e. The summed E-state index contributed by atoms with van der Waals surface area (Å²) in [7, 11) is 0. The summed E-state index contributed by atoms with van der Waals surface area (Å²) < 4.78 is 20.6. The van der Waals surface area contributed by atoms with Gasteiger partial charge >= 0.3 is 5.97 Å². The van der Waals surface area contributed by atoms with Gasteiger partial charge in [-0.2, -0.15) is 5.26 Å². The summed E-state index contributed by atoms with van der Waals surface area (Å²) in [6, 6.07) is 4.31. The molecule has 1 aromatic heterocycles. The van der Waals surface area contributed by atoms with Crippen LogP contribution < -0.4 is 5.32 Å². The largest absolute Gasteiger partial charge is 0.452 e. The molecule has 3 rings (SSSR count). The van der Waals surface area contributed by atoms with Crippen molar-refractivity contribution in [3.05, 3.63) is 50.4 Å². The Morgan fingerprint density at radius 1 is 1.27 bits per heavy atom. The molecule has 30 heavy (non-hydrogen) atoms. The molecule has 1 amide bonds. The topological polar surface area (TPSA) is 84.1 Å². The van der Waals surface area contributed by atoms with E-state index in [-0.39, 0.29) is 21.7 Å². The fraction of sp³-hybridized carbons (Fsp3) is 0.381. The Morgan fingerprint density at radius 3 is 2.57 bits per heavy atom. The second kappa shape index (κ2) is 9.07. The number of nitrogens with one attached hydrogen (secondary N) is 1. The molecule has 1 aliphatic carbocycles. The summed E-state index contributed by atoms with van der Waals surface area (Å²) in [5.41, 5.74) is 1.89. The lowest BCUT2D eigenvalue weighted by atomic mass is 10.2. The Bertz CT molecular complexity index is 1050. The zero-order chi connectivity index (χ0) is 22.0. The van der Waals surface area contributed by atoms with E-state index in [1.54, 1.807) is 0 Å². The number of benzene rings is 1. The summed E-state index contributed by atoms with van der Waals surface area (Å²) >= 11 is 11.5. The first kappa shape index (κ1) is 22.1. The lowest BCUT2D eigenvalue weighted by Gasteiger charge is -2.19. The van der Waals surface area contributed by atoms with Crippen molar-refractivity contribution in [3.8, 4) is 6.07 Å². The van der Waals surface area contributed by atoms with E-state index in [2.05, 4.69) is 11.4 Å². The van der Waals surface area contributed by atoms with Crippen LogP contribution in [-0.4, -0.2) is 23.1 Å². The predicted molar refractivity (Wildman–Crippen MR) is 111 cm³/mol. The summed E-state index contributed by atoms with van der Waals surface area (Å²) in [5.74, 6) is -1.97. The number of amides is 1. The number of hydrogen-bond acceptors (Lipinski definition) is 4. The van der Waals surface area contributed by atoms with Gasteiger partial charge in [0.1, 0.15) is 17.7 Å². The van der Waals surface area contributed by atoms with Crippen molar-refractivity contribution in [2.45, 2.75) is 45.6 Å². The second-order valence-corrected chi connectivity index (χ2v) is 8.04. The molecule has 0 bridgehead atoms. The van der Waals surface area contributed by atoms with Crippen molar-refractivity contribution in [2.75, 3.05) is 11.9 Å². The highest BCUT2D eigenvalue weighted by molar-refractivity contribution is 6.36. The molecule has 0 saturated heterocycles. The Balaban J connectivity index is 1.75. The molecule has 158 valence electrons. The standard InChI is InChI=1S/C21H20Cl2FN3O3/c1-11-12(2)27(13-5-3-4-6-13)20(15(11)9-25)26-19(28)10-30-21(29)14-7-18(24)17(23)8-16(14)22/h7-8,13H,3-6,10H2,1-2H3,(H,26,28). The van der Waals surface area contributed by atoms with Gasteiger partial charge in [0.25, 0.3) is 5.91 Å². The number of esters is 1. The van der Waals surface area contributed by atoms with Gasteiger partial charge in [-0.05, 0) is 44.4 Å². The van der Waals surface area contributed by atoms with Crippen molar-refractivity contribution in [1.82, 2.24) is 4.57 Å². The minimum absolute atomic E-state index is 0.0834. The fourth-order valence-corrected chi connectivity index (χ4v) is 4.22. The maximum Gasteiger partial charge on any atom is 0.340 e. The minimum atomic E-state index is -0.954. The van der Waals surface area contributed by atoms with Crippen LogP contribution in [0.25, 0.3) is 0 Å². The van der Waals surface area contributed by atoms with E-state index in [0.29, 0.717) is 11.4 Å². The molecule has 2 aromatic rings. The first-order valence-corrected chi connectivity index (χ1v) is 10.2. The number of rotatable bonds is 5. The quantitative estimate of drug-likeness (QED) is 0.491. The molecule has 9 heteroatoms. The van der Waals surface area contributed by atoms with Crippen molar-refractivity contribution in [2.24, 2.45) is 0 Å². The lowest BCUT2D eigenvalue weighted by molar-refractivity contribution is -0.119. The molecule has 6 nitrogen and oxygen atoms in total. The van der Waals surface area contributed by atoms with E-state index in [4.69, 9.17) is 27.9 Å². The first-order valence-electron chi connectivity index (χ1n) is 9.47. The maximum absolute atomic E-state index is 13.6. The van der Waals surface area contributed by atoms with E-state index in [1.807, 2.05) is 18.4 Å². The second-order valence-electron chi connectivity index (χ2n) is 7.22. The van der Waals surface area contributed by atoms with E-state index < -0.39 is 24.3 Å². The van der Waals surface area contributed by atoms with Gasteiger partial charge in [0.05, 0.1) is 21.2 Å². The summed E-state index contributed by atoms with van der Waals surface area (Å²) in [6.45, 7) is 3.14. The van der Waals surface area contributed by atoms with Crippen LogP contribution in [0.15, 0.2) is 12.1 Å².